The zero-order chi connectivity index (χ0) is 15.2. The SMILES string of the molecule is CCc1cncc(Br)c1/C=C(\C)CN1CCC(NC)CC1. The zero-order valence-electron chi connectivity index (χ0n) is 13.3. The second-order valence-electron chi connectivity index (χ2n) is 5.88. The predicted octanol–water partition coefficient (Wildman–Crippen LogP) is 3.49. The van der Waals surface area contributed by atoms with Gasteiger partial charge in [0.2, 0.25) is 0 Å². The molecule has 0 amide bonds. The molecule has 0 saturated carbocycles. The highest BCUT2D eigenvalue weighted by Gasteiger charge is 2.17. The summed E-state index contributed by atoms with van der Waals surface area (Å²) in [5.74, 6) is 0. The van der Waals surface area contributed by atoms with Gasteiger partial charge >= 0.3 is 0 Å². The van der Waals surface area contributed by atoms with Crippen LogP contribution in [0.2, 0.25) is 0 Å². The van der Waals surface area contributed by atoms with Crippen molar-refractivity contribution >= 4 is 22.0 Å². The van der Waals surface area contributed by atoms with E-state index in [1.54, 1.807) is 0 Å². The molecule has 1 aliphatic rings. The molecular weight excluding hydrogens is 326 g/mol. The van der Waals surface area contributed by atoms with Crippen LogP contribution in [0, 0.1) is 0 Å². The van der Waals surface area contributed by atoms with Gasteiger partial charge in [-0.25, -0.2) is 0 Å². The van der Waals surface area contributed by atoms with Gasteiger partial charge in [0.1, 0.15) is 0 Å². The Labute approximate surface area is 137 Å². The predicted molar refractivity (Wildman–Crippen MR) is 93.5 cm³/mol. The molecule has 0 spiro atoms. The summed E-state index contributed by atoms with van der Waals surface area (Å²) in [6.45, 7) is 7.85. The minimum Gasteiger partial charge on any atom is -0.317 e. The summed E-state index contributed by atoms with van der Waals surface area (Å²) in [4.78, 5) is 6.82. The van der Waals surface area contributed by atoms with E-state index in [0.717, 1.165) is 17.4 Å². The minimum absolute atomic E-state index is 0.701. The first-order valence-corrected chi connectivity index (χ1v) is 8.62. The molecule has 21 heavy (non-hydrogen) atoms. The van der Waals surface area contributed by atoms with E-state index < -0.39 is 0 Å². The molecule has 2 heterocycles. The van der Waals surface area contributed by atoms with E-state index in [4.69, 9.17) is 0 Å². The van der Waals surface area contributed by atoms with E-state index >= 15 is 0 Å². The van der Waals surface area contributed by atoms with Crippen molar-refractivity contribution in [3.05, 3.63) is 33.6 Å². The van der Waals surface area contributed by atoms with E-state index in [1.807, 2.05) is 12.4 Å². The van der Waals surface area contributed by atoms with Crippen LogP contribution in [0.5, 0.6) is 0 Å². The number of nitrogens with one attached hydrogen (secondary N) is 1. The monoisotopic (exact) mass is 351 g/mol. The lowest BCUT2D eigenvalue weighted by molar-refractivity contribution is 0.216. The molecule has 0 atom stereocenters. The standard InChI is InChI=1S/C17H26BrN3/c1-4-14-10-20-11-17(18)16(14)9-13(2)12-21-7-5-15(19-3)6-8-21/h9-11,15,19H,4-8,12H2,1-3H3/b13-9+. The number of aryl methyl sites for hydroxylation is 1. The average molecular weight is 352 g/mol. The molecule has 2 rings (SSSR count). The summed E-state index contributed by atoms with van der Waals surface area (Å²) in [6.07, 6.45) is 9.69. The highest BCUT2D eigenvalue weighted by Crippen LogP contribution is 2.23. The number of piperidine rings is 1. The van der Waals surface area contributed by atoms with Crippen LogP contribution in [-0.4, -0.2) is 42.6 Å². The molecule has 4 heteroatoms. The van der Waals surface area contributed by atoms with Gasteiger partial charge in [0.25, 0.3) is 0 Å². The van der Waals surface area contributed by atoms with Gasteiger partial charge in [-0.3, -0.25) is 9.88 Å². The maximum absolute atomic E-state index is 4.26. The first kappa shape index (κ1) is 16.7. The van der Waals surface area contributed by atoms with Crippen molar-refractivity contribution in [1.82, 2.24) is 15.2 Å². The molecule has 0 bridgehead atoms. The fraction of sp³-hybridized carbons (Fsp3) is 0.588. The first-order valence-electron chi connectivity index (χ1n) is 7.83. The van der Waals surface area contributed by atoms with Crippen molar-refractivity contribution in [1.29, 1.82) is 0 Å². The largest absolute Gasteiger partial charge is 0.317 e. The Morgan fingerprint density at radius 2 is 2.14 bits per heavy atom. The lowest BCUT2D eigenvalue weighted by Gasteiger charge is -2.32. The van der Waals surface area contributed by atoms with Crippen molar-refractivity contribution in [3.63, 3.8) is 0 Å². The number of rotatable bonds is 5. The molecule has 0 radical (unpaired) electrons. The number of likely N-dealkylation sites (tertiary alicyclic amines) is 1. The van der Waals surface area contributed by atoms with Crippen molar-refractivity contribution in [2.75, 3.05) is 26.7 Å². The highest BCUT2D eigenvalue weighted by atomic mass is 79.9. The van der Waals surface area contributed by atoms with Crippen molar-refractivity contribution < 1.29 is 0 Å². The van der Waals surface area contributed by atoms with Gasteiger partial charge in [-0.15, -0.1) is 0 Å². The van der Waals surface area contributed by atoms with E-state index in [1.165, 1.54) is 42.6 Å². The second-order valence-corrected chi connectivity index (χ2v) is 6.73. The maximum Gasteiger partial charge on any atom is 0.0433 e. The fourth-order valence-electron chi connectivity index (χ4n) is 2.95. The summed E-state index contributed by atoms with van der Waals surface area (Å²) in [6, 6.07) is 0.701. The van der Waals surface area contributed by atoms with Gasteiger partial charge in [-0.2, -0.15) is 0 Å². The van der Waals surface area contributed by atoms with Crippen LogP contribution < -0.4 is 5.32 Å². The molecule has 0 aromatic carbocycles. The number of halogens is 1. The number of nitrogens with zero attached hydrogens (tertiary/aromatic N) is 2. The first-order chi connectivity index (χ1) is 10.1. The topological polar surface area (TPSA) is 28.2 Å². The van der Waals surface area contributed by atoms with Crippen LogP contribution in [0.4, 0.5) is 0 Å². The Kier molecular flexibility index (Phi) is 6.40. The van der Waals surface area contributed by atoms with Gasteiger partial charge in [-0.1, -0.05) is 18.6 Å². The van der Waals surface area contributed by atoms with Gasteiger partial charge in [0.05, 0.1) is 0 Å². The molecular formula is C17H26BrN3. The molecule has 1 aromatic heterocycles. The van der Waals surface area contributed by atoms with Crippen molar-refractivity contribution in [2.24, 2.45) is 0 Å². The lowest BCUT2D eigenvalue weighted by Crippen LogP contribution is -2.41. The van der Waals surface area contributed by atoms with E-state index in [9.17, 15) is 0 Å². The molecule has 1 aliphatic heterocycles. The highest BCUT2D eigenvalue weighted by molar-refractivity contribution is 9.10. The van der Waals surface area contributed by atoms with Gasteiger partial charge in [0, 0.05) is 29.5 Å². The Morgan fingerprint density at radius 1 is 1.43 bits per heavy atom. The number of pyridine rings is 1. The van der Waals surface area contributed by atoms with Gasteiger partial charge in [-0.05, 0) is 73.4 Å². The normalized spacial score (nSPS) is 18.2. The number of hydrogen-bond donors (Lipinski definition) is 1. The van der Waals surface area contributed by atoms with Gasteiger partial charge < -0.3 is 5.32 Å². The van der Waals surface area contributed by atoms with E-state index in [2.05, 4.69) is 58.1 Å². The lowest BCUT2D eigenvalue weighted by atomic mass is 10.0. The molecule has 1 saturated heterocycles. The number of hydrogen-bond acceptors (Lipinski definition) is 3. The molecule has 1 N–H and O–H groups in total. The third-order valence-corrected chi connectivity index (χ3v) is 4.89. The summed E-state index contributed by atoms with van der Waals surface area (Å²) < 4.78 is 1.09. The van der Waals surface area contributed by atoms with Crippen LogP contribution in [0.25, 0.3) is 6.08 Å². The summed E-state index contributed by atoms with van der Waals surface area (Å²) in [5.41, 5.74) is 4.01. The second kappa shape index (κ2) is 8.06. The molecule has 116 valence electrons. The zero-order valence-corrected chi connectivity index (χ0v) is 14.9. The van der Waals surface area contributed by atoms with Crippen LogP contribution in [0.1, 0.15) is 37.8 Å². The van der Waals surface area contributed by atoms with Crippen LogP contribution in [0.3, 0.4) is 0 Å². The third kappa shape index (κ3) is 4.63. The molecule has 0 unspecified atom stereocenters. The molecule has 0 aliphatic carbocycles. The molecule has 1 aromatic rings. The number of aromatic nitrogens is 1. The van der Waals surface area contributed by atoms with Crippen molar-refractivity contribution in [2.45, 2.75) is 39.2 Å². The van der Waals surface area contributed by atoms with Crippen LogP contribution in [-0.2, 0) is 6.42 Å². The summed E-state index contributed by atoms with van der Waals surface area (Å²) in [5, 5.41) is 3.39. The Bertz CT molecular complexity index is 491. The minimum atomic E-state index is 0.701. The molecule has 3 nitrogen and oxygen atoms in total. The van der Waals surface area contributed by atoms with Crippen molar-refractivity contribution in [3.8, 4) is 0 Å². The third-order valence-electron chi connectivity index (χ3n) is 4.26. The van der Waals surface area contributed by atoms with E-state index in [0.29, 0.717) is 6.04 Å². The van der Waals surface area contributed by atoms with Crippen LogP contribution >= 0.6 is 15.9 Å². The smallest absolute Gasteiger partial charge is 0.0433 e. The summed E-state index contributed by atoms with van der Waals surface area (Å²) >= 11 is 3.63. The summed E-state index contributed by atoms with van der Waals surface area (Å²) in [7, 11) is 2.07. The average Bonchev–Trinajstić information content (AvgIpc) is 2.50. The quantitative estimate of drug-likeness (QED) is 0.879. The fourth-order valence-corrected chi connectivity index (χ4v) is 3.44. The Morgan fingerprint density at radius 3 is 2.76 bits per heavy atom. The van der Waals surface area contributed by atoms with E-state index in [-0.39, 0.29) is 0 Å². The maximum atomic E-state index is 4.26. The van der Waals surface area contributed by atoms with Crippen LogP contribution in [0.15, 0.2) is 22.4 Å². The Hall–Kier alpha value is -0.710. The molecule has 1 fully saturated rings. The van der Waals surface area contributed by atoms with Gasteiger partial charge in [0.15, 0.2) is 0 Å². The Balaban J connectivity index is 2.02.